The number of carbonyl (C=O) groups excluding carboxylic acids is 1. The molecule has 0 spiro atoms. The van der Waals surface area contributed by atoms with E-state index in [1.54, 1.807) is 6.07 Å². The lowest BCUT2D eigenvalue weighted by Gasteiger charge is -2.18. The molecule has 1 atom stereocenters. The molecule has 25 heavy (non-hydrogen) atoms. The summed E-state index contributed by atoms with van der Waals surface area (Å²) in [5.74, 6) is 0. The zero-order chi connectivity index (χ0) is 18.0. The van der Waals surface area contributed by atoms with E-state index in [0.29, 0.717) is 5.69 Å². The number of rotatable bonds is 2. The van der Waals surface area contributed by atoms with Gasteiger partial charge in [0.05, 0.1) is 6.54 Å². The van der Waals surface area contributed by atoms with E-state index < -0.39 is 5.67 Å². The van der Waals surface area contributed by atoms with Gasteiger partial charge in [-0.15, -0.1) is 0 Å². The number of nitrogens with one attached hydrogen (secondary N) is 1. The van der Waals surface area contributed by atoms with Crippen LogP contribution >= 0.6 is 15.9 Å². The van der Waals surface area contributed by atoms with Gasteiger partial charge < -0.3 is 10.2 Å². The number of urea groups is 1. The highest BCUT2D eigenvalue weighted by Gasteiger charge is 2.40. The molecule has 0 aliphatic carbocycles. The maximum Gasteiger partial charge on any atom is 0.321 e. The Hall–Kier alpha value is -2.39. The first kappa shape index (κ1) is 17.4. The largest absolute Gasteiger partial charge is 0.321 e. The molecule has 3 rings (SSSR count). The topological polar surface area (TPSA) is 56.1 Å². The van der Waals surface area contributed by atoms with E-state index in [1.165, 1.54) is 4.90 Å². The fourth-order valence-electron chi connectivity index (χ4n) is 2.93. The molecule has 1 saturated heterocycles. The lowest BCUT2D eigenvalue weighted by Crippen LogP contribution is -2.35. The van der Waals surface area contributed by atoms with E-state index in [-0.39, 0.29) is 25.5 Å². The predicted octanol–water partition coefficient (Wildman–Crippen LogP) is 4.89. The van der Waals surface area contributed by atoms with Gasteiger partial charge in [-0.25, -0.2) is 9.18 Å². The van der Waals surface area contributed by atoms with Crippen LogP contribution in [0.3, 0.4) is 0 Å². The number of halogens is 2. The monoisotopic (exact) mass is 401 g/mol. The summed E-state index contributed by atoms with van der Waals surface area (Å²) >= 11 is 3.42. The van der Waals surface area contributed by atoms with Crippen LogP contribution in [0.2, 0.25) is 0 Å². The first-order valence-corrected chi connectivity index (χ1v) is 8.72. The van der Waals surface area contributed by atoms with Crippen LogP contribution in [0.1, 0.15) is 12.0 Å². The van der Waals surface area contributed by atoms with Gasteiger partial charge in [0.2, 0.25) is 5.67 Å². The third kappa shape index (κ3) is 3.83. The van der Waals surface area contributed by atoms with Gasteiger partial charge in [0, 0.05) is 23.1 Å². The number of aryl methyl sites for hydroxylation is 1. The Morgan fingerprint density at radius 2 is 2.04 bits per heavy atom. The van der Waals surface area contributed by atoms with Crippen LogP contribution in [0.15, 0.2) is 46.9 Å². The number of likely N-dealkylation sites (tertiary alicyclic amines) is 1. The molecule has 1 unspecified atom stereocenters. The van der Waals surface area contributed by atoms with Crippen molar-refractivity contribution < 1.29 is 9.18 Å². The molecule has 2 aromatic rings. The third-order valence-electron chi connectivity index (χ3n) is 4.34. The molecule has 1 heterocycles. The van der Waals surface area contributed by atoms with Crippen molar-refractivity contribution >= 4 is 27.6 Å². The molecular formula is C19H17BrFN3O. The number of anilines is 1. The molecule has 128 valence electrons. The van der Waals surface area contributed by atoms with Crippen molar-refractivity contribution in [3.05, 3.63) is 52.5 Å². The maximum atomic E-state index is 13.9. The Morgan fingerprint density at radius 3 is 2.64 bits per heavy atom. The minimum atomic E-state index is -1.93. The SMILES string of the molecule is Cc1cc(NC(=O)N2CCC(F)(C#N)C2)ccc1-c1ccc(Br)cc1. The number of carbonyl (C=O) groups is 1. The van der Waals surface area contributed by atoms with Crippen molar-refractivity contribution in [3.63, 3.8) is 0 Å². The number of nitrogens with zero attached hydrogens (tertiary/aromatic N) is 2. The molecule has 0 bridgehead atoms. The molecule has 1 aliphatic heterocycles. The van der Waals surface area contributed by atoms with E-state index in [2.05, 4.69) is 21.2 Å². The van der Waals surface area contributed by atoms with Gasteiger partial charge in [-0.1, -0.05) is 34.1 Å². The first-order valence-electron chi connectivity index (χ1n) is 7.93. The van der Waals surface area contributed by atoms with Crippen molar-refractivity contribution in [1.29, 1.82) is 5.26 Å². The van der Waals surface area contributed by atoms with E-state index in [4.69, 9.17) is 5.26 Å². The third-order valence-corrected chi connectivity index (χ3v) is 4.87. The summed E-state index contributed by atoms with van der Waals surface area (Å²) in [5, 5.41) is 11.6. The van der Waals surface area contributed by atoms with Crippen molar-refractivity contribution in [2.45, 2.75) is 19.0 Å². The number of nitriles is 1. The zero-order valence-corrected chi connectivity index (χ0v) is 15.3. The molecule has 1 fully saturated rings. The Labute approximate surface area is 154 Å². The van der Waals surface area contributed by atoms with Crippen LogP contribution in [0, 0.1) is 18.3 Å². The molecule has 0 aromatic heterocycles. The van der Waals surface area contributed by atoms with Gasteiger partial charge in [-0.3, -0.25) is 0 Å². The summed E-state index contributed by atoms with van der Waals surface area (Å²) in [4.78, 5) is 13.6. The van der Waals surface area contributed by atoms with Crippen LogP contribution in [0.25, 0.3) is 11.1 Å². The summed E-state index contributed by atoms with van der Waals surface area (Å²) in [7, 11) is 0. The number of hydrogen-bond donors (Lipinski definition) is 1. The zero-order valence-electron chi connectivity index (χ0n) is 13.7. The van der Waals surface area contributed by atoms with Gasteiger partial charge in [0.15, 0.2) is 0 Å². The first-order chi connectivity index (χ1) is 11.9. The van der Waals surface area contributed by atoms with Crippen LogP contribution in [0.4, 0.5) is 14.9 Å². The second kappa shape index (κ2) is 6.85. The molecule has 0 saturated carbocycles. The van der Waals surface area contributed by atoms with E-state index in [0.717, 1.165) is 21.2 Å². The molecule has 6 heteroatoms. The highest BCUT2D eigenvalue weighted by atomic mass is 79.9. The van der Waals surface area contributed by atoms with Crippen LogP contribution in [-0.2, 0) is 0 Å². The summed E-state index contributed by atoms with van der Waals surface area (Å²) in [6.07, 6.45) is 0.0540. The van der Waals surface area contributed by atoms with Gasteiger partial charge in [-0.2, -0.15) is 5.26 Å². The van der Waals surface area contributed by atoms with E-state index in [9.17, 15) is 9.18 Å². The van der Waals surface area contributed by atoms with Gasteiger partial charge >= 0.3 is 6.03 Å². The van der Waals surface area contributed by atoms with Crippen LogP contribution < -0.4 is 5.32 Å². The summed E-state index contributed by atoms with van der Waals surface area (Å²) in [6, 6.07) is 14.9. The fourth-order valence-corrected chi connectivity index (χ4v) is 3.20. The van der Waals surface area contributed by atoms with Crippen LogP contribution in [-0.4, -0.2) is 29.7 Å². The van der Waals surface area contributed by atoms with Crippen molar-refractivity contribution in [2.24, 2.45) is 0 Å². The fraction of sp³-hybridized carbons (Fsp3) is 0.263. The van der Waals surface area contributed by atoms with Gasteiger partial charge in [0.1, 0.15) is 6.07 Å². The average molecular weight is 402 g/mol. The van der Waals surface area contributed by atoms with E-state index in [1.807, 2.05) is 49.4 Å². The number of benzene rings is 2. The normalized spacial score (nSPS) is 19.5. The Bertz CT molecular complexity index is 847. The average Bonchev–Trinajstić information content (AvgIpc) is 2.99. The molecule has 0 radical (unpaired) electrons. The molecule has 2 amide bonds. The number of hydrogen-bond acceptors (Lipinski definition) is 2. The Kier molecular flexibility index (Phi) is 4.78. The second-order valence-electron chi connectivity index (χ2n) is 6.22. The number of alkyl halides is 1. The lowest BCUT2D eigenvalue weighted by atomic mass is 10.0. The minimum Gasteiger partial charge on any atom is -0.320 e. The predicted molar refractivity (Wildman–Crippen MR) is 99.0 cm³/mol. The molecule has 1 aliphatic rings. The highest BCUT2D eigenvalue weighted by molar-refractivity contribution is 9.10. The van der Waals surface area contributed by atoms with Crippen molar-refractivity contribution in [2.75, 3.05) is 18.4 Å². The summed E-state index contributed by atoms with van der Waals surface area (Å²) in [6.45, 7) is 2.03. The van der Waals surface area contributed by atoms with Crippen molar-refractivity contribution in [1.82, 2.24) is 4.90 Å². The minimum absolute atomic E-state index is 0.0540. The molecule has 1 N–H and O–H groups in total. The molecule has 2 aromatic carbocycles. The van der Waals surface area contributed by atoms with Gasteiger partial charge in [0.25, 0.3) is 0 Å². The summed E-state index contributed by atoms with van der Waals surface area (Å²) < 4.78 is 15.0. The Balaban J connectivity index is 1.72. The highest BCUT2D eigenvalue weighted by Crippen LogP contribution is 2.28. The van der Waals surface area contributed by atoms with Crippen molar-refractivity contribution in [3.8, 4) is 17.2 Å². The standard InChI is InChI=1S/C19H17BrFN3O/c1-13-10-16(6-7-17(13)14-2-4-15(20)5-3-14)23-18(25)24-9-8-19(21,11-22)12-24/h2-7,10H,8-9,12H2,1H3,(H,23,25). The maximum absolute atomic E-state index is 13.9. The summed E-state index contributed by atoms with van der Waals surface area (Å²) in [5.41, 5.74) is 1.92. The number of amides is 2. The lowest BCUT2D eigenvalue weighted by molar-refractivity contribution is 0.206. The second-order valence-corrected chi connectivity index (χ2v) is 7.13. The quantitative estimate of drug-likeness (QED) is 0.778. The smallest absolute Gasteiger partial charge is 0.320 e. The molecular weight excluding hydrogens is 385 g/mol. The molecule has 4 nitrogen and oxygen atoms in total. The van der Waals surface area contributed by atoms with Crippen LogP contribution in [0.5, 0.6) is 0 Å². The Morgan fingerprint density at radius 1 is 1.32 bits per heavy atom. The van der Waals surface area contributed by atoms with E-state index >= 15 is 0 Å². The van der Waals surface area contributed by atoms with Gasteiger partial charge in [-0.05, 0) is 47.9 Å².